The molecule has 1 aromatic carbocycles. The number of carbonyl (C=O) groups is 3. The highest BCUT2D eigenvalue weighted by atomic mass is 16.5. The van der Waals surface area contributed by atoms with E-state index in [4.69, 9.17) is 9.47 Å². The van der Waals surface area contributed by atoms with Crippen molar-refractivity contribution < 1.29 is 23.9 Å². The molecule has 0 radical (unpaired) electrons. The summed E-state index contributed by atoms with van der Waals surface area (Å²) in [6.07, 6.45) is 5.04. The van der Waals surface area contributed by atoms with Gasteiger partial charge in [-0.3, -0.25) is 9.59 Å². The Hall–Kier alpha value is -2.47. The summed E-state index contributed by atoms with van der Waals surface area (Å²) in [6.45, 7) is 7.10. The quantitative estimate of drug-likeness (QED) is 0.388. The van der Waals surface area contributed by atoms with E-state index in [1.165, 1.54) is 6.08 Å². The summed E-state index contributed by atoms with van der Waals surface area (Å²) < 4.78 is 11.2. The van der Waals surface area contributed by atoms with E-state index < -0.39 is 5.97 Å². The summed E-state index contributed by atoms with van der Waals surface area (Å²) in [7, 11) is 0. The first kappa shape index (κ1) is 20.3. The van der Waals surface area contributed by atoms with E-state index in [2.05, 4.69) is 13.8 Å². The molecule has 0 saturated carbocycles. The predicted octanol–water partition coefficient (Wildman–Crippen LogP) is 3.65. The molecule has 2 heterocycles. The van der Waals surface area contributed by atoms with Crippen molar-refractivity contribution in [3.8, 4) is 0 Å². The number of ether oxygens (including phenoxy) is 2. The summed E-state index contributed by atoms with van der Waals surface area (Å²) in [4.78, 5) is 37.3. The molecule has 2 unspecified atom stereocenters. The number of amides is 2. The summed E-state index contributed by atoms with van der Waals surface area (Å²) in [5.74, 6) is -0.526. The van der Waals surface area contributed by atoms with Gasteiger partial charge < -0.3 is 9.47 Å². The maximum atomic E-state index is 12.2. The predicted molar refractivity (Wildman–Crippen MR) is 105 cm³/mol. The van der Waals surface area contributed by atoms with Crippen molar-refractivity contribution in [1.29, 1.82) is 0 Å². The lowest BCUT2D eigenvalue weighted by Crippen LogP contribution is -2.52. The molecule has 0 spiro atoms. The zero-order valence-electron chi connectivity index (χ0n) is 16.7. The summed E-state index contributed by atoms with van der Waals surface area (Å²) in [5.41, 5.74) is 1.18. The maximum Gasteiger partial charge on any atom is 0.338 e. The van der Waals surface area contributed by atoms with Crippen LogP contribution in [0.3, 0.4) is 0 Å². The van der Waals surface area contributed by atoms with Gasteiger partial charge in [-0.15, -0.1) is 0 Å². The SMILES string of the molecule is CCC1COC1(CC)CCCOC(=O)c1ccc(N2C(=O)C=C(C)C2=O)cc1. The third kappa shape index (κ3) is 3.74. The highest BCUT2D eigenvalue weighted by Crippen LogP contribution is 2.41. The minimum Gasteiger partial charge on any atom is -0.462 e. The van der Waals surface area contributed by atoms with E-state index in [0.29, 0.717) is 29.3 Å². The summed E-state index contributed by atoms with van der Waals surface area (Å²) in [6, 6.07) is 6.31. The van der Waals surface area contributed by atoms with Gasteiger partial charge in [-0.25, -0.2) is 9.69 Å². The van der Waals surface area contributed by atoms with Crippen LogP contribution in [0.5, 0.6) is 0 Å². The highest BCUT2D eigenvalue weighted by molar-refractivity contribution is 6.30. The molecule has 0 N–H and O–H groups in total. The Morgan fingerprint density at radius 3 is 2.46 bits per heavy atom. The monoisotopic (exact) mass is 385 g/mol. The molecule has 1 saturated heterocycles. The first-order chi connectivity index (χ1) is 13.4. The Bertz CT molecular complexity index is 792. The molecular weight excluding hydrogens is 358 g/mol. The van der Waals surface area contributed by atoms with E-state index in [0.717, 1.165) is 37.2 Å². The van der Waals surface area contributed by atoms with Crippen molar-refractivity contribution in [2.75, 3.05) is 18.1 Å². The minimum atomic E-state index is -0.410. The number of benzene rings is 1. The van der Waals surface area contributed by atoms with Gasteiger partial charge in [0.1, 0.15) is 0 Å². The van der Waals surface area contributed by atoms with E-state index >= 15 is 0 Å². The Kier molecular flexibility index (Phi) is 5.98. The zero-order valence-corrected chi connectivity index (χ0v) is 16.7. The molecule has 0 bridgehead atoms. The molecule has 2 atom stereocenters. The molecule has 28 heavy (non-hydrogen) atoms. The molecule has 0 aromatic heterocycles. The second-order valence-electron chi connectivity index (χ2n) is 7.43. The van der Waals surface area contributed by atoms with Crippen LogP contribution in [0.1, 0.15) is 56.8 Å². The molecule has 6 heteroatoms. The van der Waals surface area contributed by atoms with Crippen LogP contribution in [0.2, 0.25) is 0 Å². The Morgan fingerprint density at radius 1 is 1.25 bits per heavy atom. The second-order valence-corrected chi connectivity index (χ2v) is 7.43. The Morgan fingerprint density at radius 2 is 1.96 bits per heavy atom. The fraction of sp³-hybridized carbons (Fsp3) is 0.500. The first-order valence-corrected chi connectivity index (χ1v) is 9.89. The molecule has 2 aliphatic heterocycles. The lowest BCUT2D eigenvalue weighted by molar-refractivity contribution is -0.211. The van der Waals surface area contributed by atoms with Crippen LogP contribution < -0.4 is 4.90 Å². The van der Waals surface area contributed by atoms with Crippen molar-refractivity contribution in [2.45, 2.75) is 52.1 Å². The number of imide groups is 1. The molecule has 1 aromatic rings. The van der Waals surface area contributed by atoms with Crippen molar-refractivity contribution in [3.63, 3.8) is 0 Å². The lowest BCUT2D eigenvalue weighted by atomic mass is 9.76. The van der Waals surface area contributed by atoms with Gasteiger partial charge in [0.05, 0.1) is 30.1 Å². The van der Waals surface area contributed by atoms with Gasteiger partial charge in [0.2, 0.25) is 0 Å². The van der Waals surface area contributed by atoms with E-state index in [1.54, 1.807) is 31.2 Å². The second kappa shape index (κ2) is 8.27. The average molecular weight is 385 g/mol. The van der Waals surface area contributed by atoms with Crippen LogP contribution in [0, 0.1) is 5.92 Å². The van der Waals surface area contributed by atoms with Gasteiger partial charge >= 0.3 is 5.97 Å². The van der Waals surface area contributed by atoms with Gasteiger partial charge in [-0.1, -0.05) is 13.8 Å². The number of anilines is 1. The molecule has 1 fully saturated rings. The Labute approximate surface area is 165 Å². The molecular formula is C22H27NO5. The van der Waals surface area contributed by atoms with E-state index in [-0.39, 0.29) is 17.4 Å². The fourth-order valence-corrected chi connectivity index (χ4v) is 3.97. The van der Waals surface area contributed by atoms with E-state index in [9.17, 15) is 14.4 Å². The molecule has 0 aliphatic carbocycles. The van der Waals surface area contributed by atoms with Crippen molar-refractivity contribution in [3.05, 3.63) is 41.5 Å². The van der Waals surface area contributed by atoms with Crippen LogP contribution in [0.25, 0.3) is 0 Å². The Balaban J connectivity index is 1.50. The molecule has 2 aliphatic rings. The third-order valence-corrected chi connectivity index (χ3v) is 5.85. The third-order valence-electron chi connectivity index (χ3n) is 5.85. The molecule has 3 rings (SSSR count). The van der Waals surface area contributed by atoms with Gasteiger partial charge in [-0.2, -0.15) is 0 Å². The number of esters is 1. The topological polar surface area (TPSA) is 72.9 Å². The number of hydrogen-bond donors (Lipinski definition) is 0. The van der Waals surface area contributed by atoms with Gasteiger partial charge in [0.15, 0.2) is 0 Å². The lowest BCUT2D eigenvalue weighted by Gasteiger charge is -2.49. The van der Waals surface area contributed by atoms with Crippen molar-refractivity contribution in [2.24, 2.45) is 5.92 Å². The zero-order chi connectivity index (χ0) is 20.3. The van der Waals surface area contributed by atoms with E-state index in [1.807, 2.05) is 0 Å². The number of hydrogen-bond acceptors (Lipinski definition) is 5. The fourth-order valence-electron chi connectivity index (χ4n) is 3.97. The van der Waals surface area contributed by atoms with Crippen LogP contribution in [0.4, 0.5) is 5.69 Å². The minimum absolute atomic E-state index is 0.0518. The maximum absolute atomic E-state index is 12.2. The summed E-state index contributed by atoms with van der Waals surface area (Å²) >= 11 is 0. The number of rotatable bonds is 8. The molecule has 150 valence electrons. The number of nitrogens with zero attached hydrogens (tertiary/aromatic N) is 1. The van der Waals surface area contributed by atoms with Crippen LogP contribution in [-0.4, -0.2) is 36.6 Å². The summed E-state index contributed by atoms with van der Waals surface area (Å²) in [5, 5.41) is 0. The smallest absolute Gasteiger partial charge is 0.338 e. The average Bonchev–Trinajstić information content (AvgIpc) is 2.93. The van der Waals surface area contributed by atoms with Crippen LogP contribution in [0.15, 0.2) is 35.9 Å². The normalized spacial score (nSPS) is 24.2. The van der Waals surface area contributed by atoms with Crippen LogP contribution in [-0.2, 0) is 19.1 Å². The highest BCUT2D eigenvalue weighted by Gasteiger charge is 2.45. The van der Waals surface area contributed by atoms with Gasteiger partial charge in [-0.05, 0) is 56.9 Å². The van der Waals surface area contributed by atoms with Crippen molar-refractivity contribution in [1.82, 2.24) is 0 Å². The largest absolute Gasteiger partial charge is 0.462 e. The van der Waals surface area contributed by atoms with Gasteiger partial charge in [0, 0.05) is 17.6 Å². The van der Waals surface area contributed by atoms with Gasteiger partial charge in [0.25, 0.3) is 11.8 Å². The van der Waals surface area contributed by atoms with Crippen LogP contribution >= 0.6 is 0 Å². The molecule has 6 nitrogen and oxygen atoms in total. The standard InChI is InChI=1S/C22H27NO5/c1-4-17-14-28-22(17,5-2)11-6-12-27-21(26)16-7-9-18(10-8-16)23-19(24)13-15(3)20(23)25/h7-10,13,17H,4-6,11-12,14H2,1-3H3. The first-order valence-electron chi connectivity index (χ1n) is 9.89. The number of carbonyl (C=O) groups excluding carboxylic acids is 3. The molecule has 2 amide bonds. The van der Waals surface area contributed by atoms with Crippen molar-refractivity contribution >= 4 is 23.5 Å².